The fourth-order valence-corrected chi connectivity index (χ4v) is 2.93. The van der Waals surface area contributed by atoms with Crippen molar-refractivity contribution < 1.29 is 4.74 Å². The molecule has 0 radical (unpaired) electrons. The van der Waals surface area contributed by atoms with Crippen molar-refractivity contribution in [1.29, 1.82) is 0 Å². The predicted molar refractivity (Wildman–Crippen MR) is 84.6 cm³/mol. The van der Waals surface area contributed by atoms with E-state index in [4.69, 9.17) is 16.3 Å². The number of benzene rings is 1. The SMILES string of the molecule is COCC(Br)CN(C)c1ccnc2cc(Cl)ccc12. The van der Waals surface area contributed by atoms with Crippen LogP contribution in [0.4, 0.5) is 5.69 Å². The van der Waals surface area contributed by atoms with E-state index in [0.29, 0.717) is 11.6 Å². The van der Waals surface area contributed by atoms with Crippen LogP contribution in [0.15, 0.2) is 30.5 Å². The Labute approximate surface area is 126 Å². The number of anilines is 1. The highest BCUT2D eigenvalue weighted by Crippen LogP contribution is 2.27. The summed E-state index contributed by atoms with van der Waals surface area (Å²) in [6, 6.07) is 7.80. The summed E-state index contributed by atoms with van der Waals surface area (Å²) < 4.78 is 5.14. The minimum Gasteiger partial charge on any atom is -0.383 e. The molecule has 0 spiro atoms. The molecule has 1 aromatic carbocycles. The van der Waals surface area contributed by atoms with Crippen LogP contribution in [0, 0.1) is 0 Å². The van der Waals surface area contributed by atoms with Gasteiger partial charge in [-0.05, 0) is 24.3 Å². The lowest BCUT2D eigenvalue weighted by atomic mass is 10.1. The lowest BCUT2D eigenvalue weighted by Crippen LogP contribution is -2.28. The molecule has 2 aromatic rings. The molecule has 1 heterocycles. The van der Waals surface area contributed by atoms with Crippen LogP contribution in [0.1, 0.15) is 0 Å². The van der Waals surface area contributed by atoms with E-state index in [1.54, 1.807) is 7.11 Å². The standard InChI is InChI=1S/C14H16BrClN2O/c1-18(8-10(15)9-19-2)14-5-6-17-13-7-11(16)3-4-12(13)14/h3-7,10H,8-9H2,1-2H3. The first-order valence-corrected chi connectivity index (χ1v) is 7.29. The number of hydrogen-bond acceptors (Lipinski definition) is 3. The summed E-state index contributed by atoms with van der Waals surface area (Å²) in [5, 5.41) is 1.81. The van der Waals surface area contributed by atoms with E-state index in [1.807, 2.05) is 30.5 Å². The average molecular weight is 344 g/mol. The number of rotatable bonds is 5. The Morgan fingerprint density at radius 1 is 1.42 bits per heavy atom. The summed E-state index contributed by atoms with van der Waals surface area (Å²) in [4.78, 5) is 6.83. The van der Waals surface area contributed by atoms with E-state index >= 15 is 0 Å². The molecular formula is C14H16BrClN2O. The van der Waals surface area contributed by atoms with Gasteiger partial charge in [-0.25, -0.2) is 0 Å². The monoisotopic (exact) mass is 342 g/mol. The van der Waals surface area contributed by atoms with Crippen LogP contribution >= 0.6 is 27.5 Å². The van der Waals surface area contributed by atoms with E-state index in [9.17, 15) is 0 Å². The van der Waals surface area contributed by atoms with Crippen LogP contribution in [-0.4, -0.2) is 37.1 Å². The molecule has 1 atom stereocenters. The first kappa shape index (κ1) is 14.6. The zero-order valence-corrected chi connectivity index (χ0v) is 13.3. The molecular weight excluding hydrogens is 328 g/mol. The van der Waals surface area contributed by atoms with Gasteiger partial charge in [-0.1, -0.05) is 27.5 Å². The maximum atomic E-state index is 6.00. The summed E-state index contributed by atoms with van der Waals surface area (Å²) >= 11 is 9.61. The van der Waals surface area contributed by atoms with Crippen molar-refractivity contribution in [2.45, 2.75) is 4.83 Å². The van der Waals surface area contributed by atoms with Gasteiger partial charge in [0.15, 0.2) is 0 Å². The fourth-order valence-electron chi connectivity index (χ4n) is 2.07. The highest BCUT2D eigenvalue weighted by atomic mass is 79.9. The number of halogens is 2. The molecule has 0 aliphatic carbocycles. The number of aromatic nitrogens is 1. The normalized spacial score (nSPS) is 12.6. The van der Waals surface area contributed by atoms with Crippen molar-refractivity contribution >= 4 is 44.1 Å². The van der Waals surface area contributed by atoms with Crippen LogP contribution in [0.2, 0.25) is 5.02 Å². The van der Waals surface area contributed by atoms with E-state index < -0.39 is 0 Å². The lowest BCUT2D eigenvalue weighted by molar-refractivity contribution is 0.202. The Hall–Kier alpha value is -0.840. The maximum Gasteiger partial charge on any atom is 0.0737 e. The van der Waals surface area contributed by atoms with E-state index in [2.05, 4.69) is 32.9 Å². The van der Waals surface area contributed by atoms with Crippen molar-refractivity contribution in [3.8, 4) is 0 Å². The minimum absolute atomic E-state index is 0.290. The van der Waals surface area contributed by atoms with E-state index in [1.165, 1.54) is 0 Å². The first-order valence-electron chi connectivity index (χ1n) is 6.00. The van der Waals surface area contributed by atoms with Gasteiger partial charge in [0.05, 0.1) is 17.0 Å². The molecule has 102 valence electrons. The van der Waals surface area contributed by atoms with Crippen molar-refractivity contribution in [2.24, 2.45) is 0 Å². The molecule has 5 heteroatoms. The lowest BCUT2D eigenvalue weighted by Gasteiger charge is -2.23. The van der Waals surface area contributed by atoms with Crippen LogP contribution in [0.3, 0.4) is 0 Å². The molecule has 0 bridgehead atoms. The van der Waals surface area contributed by atoms with Crippen LogP contribution in [0.5, 0.6) is 0 Å². The quantitative estimate of drug-likeness (QED) is 0.773. The second kappa shape index (κ2) is 6.55. The molecule has 3 nitrogen and oxygen atoms in total. The Kier molecular flexibility index (Phi) is 5.02. The van der Waals surface area contributed by atoms with Crippen LogP contribution in [0.25, 0.3) is 10.9 Å². The van der Waals surface area contributed by atoms with E-state index in [0.717, 1.165) is 23.1 Å². The summed E-state index contributed by atoms with van der Waals surface area (Å²) in [5.74, 6) is 0. The number of nitrogens with zero attached hydrogens (tertiary/aromatic N) is 2. The summed E-state index contributed by atoms with van der Waals surface area (Å²) in [6.45, 7) is 1.54. The fraction of sp³-hybridized carbons (Fsp3) is 0.357. The molecule has 1 unspecified atom stereocenters. The second-order valence-corrected chi connectivity index (χ2v) is 6.16. The Morgan fingerprint density at radius 2 is 2.21 bits per heavy atom. The van der Waals surface area contributed by atoms with Gasteiger partial charge in [-0.15, -0.1) is 0 Å². The zero-order valence-electron chi connectivity index (χ0n) is 10.9. The van der Waals surface area contributed by atoms with Crippen molar-refractivity contribution in [1.82, 2.24) is 4.98 Å². The van der Waals surface area contributed by atoms with Crippen LogP contribution < -0.4 is 4.90 Å². The second-order valence-electron chi connectivity index (χ2n) is 4.42. The Morgan fingerprint density at radius 3 is 2.95 bits per heavy atom. The van der Waals surface area contributed by atoms with Crippen molar-refractivity contribution in [3.63, 3.8) is 0 Å². The zero-order chi connectivity index (χ0) is 13.8. The third-order valence-corrected chi connectivity index (χ3v) is 3.70. The molecule has 0 fully saturated rings. The number of hydrogen-bond donors (Lipinski definition) is 0. The van der Waals surface area contributed by atoms with Gasteiger partial charge in [0.2, 0.25) is 0 Å². The van der Waals surface area contributed by atoms with Gasteiger partial charge in [-0.3, -0.25) is 4.98 Å². The highest BCUT2D eigenvalue weighted by Gasteiger charge is 2.11. The summed E-state index contributed by atoms with van der Waals surface area (Å²) in [7, 11) is 3.77. The third kappa shape index (κ3) is 3.59. The van der Waals surface area contributed by atoms with Crippen molar-refractivity contribution in [2.75, 3.05) is 32.2 Å². The largest absolute Gasteiger partial charge is 0.383 e. The van der Waals surface area contributed by atoms with Crippen molar-refractivity contribution in [3.05, 3.63) is 35.5 Å². The first-order chi connectivity index (χ1) is 9.11. The topological polar surface area (TPSA) is 25.4 Å². The van der Waals surface area contributed by atoms with Gasteiger partial charge < -0.3 is 9.64 Å². The van der Waals surface area contributed by atoms with Gasteiger partial charge in [0, 0.05) is 43.0 Å². The predicted octanol–water partition coefficient (Wildman–Crippen LogP) is 3.73. The summed E-state index contributed by atoms with van der Waals surface area (Å²) in [6.07, 6.45) is 1.81. The number of fused-ring (bicyclic) bond motifs is 1. The van der Waals surface area contributed by atoms with Crippen LogP contribution in [-0.2, 0) is 4.74 Å². The molecule has 0 aliphatic heterocycles. The number of pyridine rings is 1. The Bertz CT molecular complexity index is 564. The summed E-state index contributed by atoms with van der Waals surface area (Å²) in [5.41, 5.74) is 2.05. The minimum atomic E-state index is 0.290. The van der Waals surface area contributed by atoms with Gasteiger partial charge in [0.25, 0.3) is 0 Å². The highest BCUT2D eigenvalue weighted by molar-refractivity contribution is 9.09. The number of ether oxygens (including phenoxy) is 1. The molecule has 19 heavy (non-hydrogen) atoms. The molecule has 0 saturated carbocycles. The van der Waals surface area contributed by atoms with Gasteiger partial charge >= 0.3 is 0 Å². The average Bonchev–Trinajstić information content (AvgIpc) is 2.37. The Balaban J connectivity index is 2.29. The number of methoxy groups -OCH3 is 1. The van der Waals surface area contributed by atoms with Gasteiger partial charge in [0.1, 0.15) is 0 Å². The van der Waals surface area contributed by atoms with E-state index in [-0.39, 0.29) is 4.83 Å². The number of alkyl halides is 1. The third-order valence-electron chi connectivity index (χ3n) is 2.91. The molecule has 2 rings (SSSR count). The van der Waals surface area contributed by atoms with Gasteiger partial charge in [-0.2, -0.15) is 0 Å². The molecule has 0 aliphatic rings. The molecule has 0 amide bonds. The molecule has 0 N–H and O–H groups in total. The maximum absolute atomic E-state index is 6.00. The smallest absolute Gasteiger partial charge is 0.0737 e. The molecule has 1 aromatic heterocycles. The molecule has 0 saturated heterocycles.